The van der Waals surface area contributed by atoms with Crippen LogP contribution in [0, 0.1) is 28.1 Å². The zero-order valence-electron chi connectivity index (χ0n) is 9.30. The molecule has 2 heteroatoms. The molecule has 0 aliphatic heterocycles. The van der Waals surface area contributed by atoms with Crippen LogP contribution in [-0.4, -0.2) is 10.7 Å². The van der Waals surface area contributed by atoms with E-state index in [9.17, 15) is 5.11 Å². The van der Waals surface area contributed by atoms with E-state index in [1.165, 1.54) is 0 Å². The predicted molar refractivity (Wildman–Crippen MR) is 54.4 cm³/mol. The van der Waals surface area contributed by atoms with Crippen molar-refractivity contribution in [3.63, 3.8) is 0 Å². The minimum atomic E-state index is -0.717. The van der Waals surface area contributed by atoms with Crippen LogP contribution in [-0.2, 0) is 0 Å². The van der Waals surface area contributed by atoms with E-state index in [2.05, 4.69) is 19.9 Å². The summed E-state index contributed by atoms with van der Waals surface area (Å²) in [5.74, 6) is 0.335. The molecule has 0 amide bonds. The van der Waals surface area contributed by atoms with E-state index in [4.69, 9.17) is 5.26 Å². The Kier molecular flexibility index (Phi) is 1.80. The number of nitriles is 1. The van der Waals surface area contributed by atoms with Crippen molar-refractivity contribution in [3.05, 3.63) is 0 Å². The number of hydrogen-bond acceptors (Lipinski definition) is 2. The van der Waals surface area contributed by atoms with Crippen LogP contribution in [0.2, 0.25) is 0 Å². The Morgan fingerprint density at radius 3 is 2.21 bits per heavy atom. The molecule has 78 valence electrons. The van der Waals surface area contributed by atoms with Crippen LogP contribution in [0.1, 0.15) is 46.5 Å². The van der Waals surface area contributed by atoms with Crippen LogP contribution >= 0.6 is 0 Å². The summed E-state index contributed by atoms with van der Waals surface area (Å²) in [4.78, 5) is 0. The summed E-state index contributed by atoms with van der Waals surface area (Å²) in [6.07, 6.45) is 3.57. The second-order valence-electron chi connectivity index (χ2n) is 5.72. The Labute approximate surface area is 85.9 Å². The van der Waals surface area contributed by atoms with Crippen molar-refractivity contribution in [2.24, 2.45) is 16.7 Å². The molecule has 0 heterocycles. The second kappa shape index (κ2) is 2.52. The van der Waals surface area contributed by atoms with Crippen LogP contribution in [0.3, 0.4) is 0 Å². The topological polar surface area (TPSA) is 44.0 Å². The molecule has 2 atom stereocenters. The molecule has 2 fully saturated rings. The van der Waals surface area contributed by atoms with Gasteiger partial charge in [-0.25, -0.2) is 0 Å². The summed E-state index contributed by atoms with van der Waals surface area (Å²) >= 11 is 0. The van der Waals surface area contributed by atoms with Gasteiger partial charge in [0, 0.05) is 0 Å². The lowest BCUT2D eigenvalue weighted by molar-refractivity contribution is -0.0441. The SMILES string of the molecule is CCC(O)(C1CC1(C)C)C1(C#N)CC1. The molecule has 0 saturated heterocycles. The maximum atomic E-state index is 10.7. The Morgan fingerprint density at radius 1 is 1.50 bits per heavy atom. The predicted octanol–water partition coefficient (Wildman–Crippen LogP) is 2.48. The van der Waals surface area contributed by atoms with Crippen LogP contribution in [0.5, 0.6) is 0 Å². The van der Waals surface area contributed by atoms with Crippen molar-refractivity contribution >= 4 is 0 Å². The standard InChI is InChI=1S/C12H19NO/c1-4-12(14,9-7-10(9,2)3)11(8-13)5-6-11/h9,14H,4-7H2,1-3H3. The van der Waals surface area contributed by atoms with Crippen molar-refractivity contribution in [1.82, 2.24) is 0 Å². The summed E-state index contributed by atoms with van der Waals surface area (Å²) < 4.78 is 0. The molecule has 2 aliphatic rings. The number of hydrogen-bond donors (Lipinski definition) is 1. The zero-order valence-corrected chi connectivity index (χ0v) is 9.30. The van der Waals surface area contributed by atoms with E-state index in [1.54, 1.807) is 0 Å². The van der Waals surface area contributed by atoms with Gasteiger partial charge in [0.15, 0.2) is 0 Å². The van der Waals surface area contributed by atoms with Gasteiger partial charge in [0.05, 0.1) is 17.1 Å². The van der Waals surface area contributed by atoms with Crippen molar-refractivity contribution in [3.8, 4) is 6.07 Å². The monoisotopic (exact) mass is 193 g/mol. The van der Waals surface area contributed by atoms with Gasteiger partial charge < -0.3 is 5.11 Å². The lowest BCUT2D eigenvalue weighted by atomic mass is 9.76. The van der Waals surface area contributed by atoms with Crippen LogP contribution in [0.4, 0.5) is 0 Å². The van der Waals surface area contributed by atoms with E-state index in [-0.39, 0.29) is 5.41 Å². The molecule has 0 aromatic carbocycles. The summed E-state index contributed by atoms with van der Waals surface area (Å²) in [7, 11) is 0. The van der Waals surface area contributed by atoms with Gasteiger partial charge in [0.25, 0.3) is 0 Å². The van der Waals surface area contributed by atoms with Crippen LogP contribution < -0.4 is 0 Å². The molecule has 0 radical (unpaired) electrons. The van der Waals surface area contributed by atoms with E-state index < -0.39 is 11.0 Å². The van der Waals surface area contributed by atoms with Gasteiger partial charge in [-0.3, -0.25) is 0 Å². The second-order valence-corrected chi connectivity index (χ2v) is 5.72. The van der Waals surface area contributed by atoms with Gasteiger partial charge in [-0.2, -0.15) is 5.26 Å². The first-order chi connectivity index (χ1) is 6.42. The van der Waals surface area contributed by atoms with E-state index in [0.717, 1.165) is 19.3 Å². The molecule has 2 saturated carbocycles. The smallest absolute Gasteiger partial charge is 0.0864 e. The Hall–Kier alpha value is -0.550. The molecule has 0 aromatic heterocycles. The molecule has 14 heavy (non-hydrogen) atoms. The third-order valence-corrected chi connectivity index (χ3v) is 4.42. The van der Waals surface area contributed by atoms with E-state index >= 15 is 0 Å². The number of aliphatic hydroxyl groups is 1. The lowest BCUT2D eigenvalue weighted by Crippen LogP contribution is -2.42. The molecular formula is C12H19NO. The Balaban J connectivity index is 2.24. The van der Waals surface area contributed by atoms with Gasteiger partial charge >= 0.3 is 0 Å². The molecule has 0 aromatic rings. The molecular weight excluding hydrogens is 174 g/mol. The first-order valence-corrected chi connectivity index (χ1v) is 5.55. The van der Waals surface area contributed by atoms with Gasteiger partial charge in [-0.15, -0.1) is 0 Å². The van der Waals surface area contributed by atoms with Crippen molar-refractivity contribution in [2.45, 2.75) is 52.1 Å². The molecule has 0 bridgehead atoms. The first kappa shape index (κ1) is 9.98. The zero-order chi connectivity index (χ0) is 10.6. The summed E-state index contributed by atoms with van der Waals surface area (Å²) in [6.45, 7) is 6.38. The highest BCUT2D eigenvalue weighted by atomic mass is 16.3. The molecule has 0 spiro atoms. The molecule has 2 aliphatic carbocycles. The Morgan fingerprint density at radius 2 is 2.00 bits per heavy atom. The minimum absolute atomic E-state index is 0.247. The third-order valence-electron chi connectivity index (χ3n) is 4.42. The highest BCUT2D eigenvalue weighted by molar-refractivity contribution is 5.25. The molecule has 2 unspecified atom stereocenters. The fourth-order valence-electron chi connectivity index (χ4n) is 2.97. The maximum Gasteiger partial charge on any atom is 0.0864 e. The van der Waals surface area contributed by atoms with Crippen molar-refractivity contribution in [2.75, 3.05) is 0 Å². The number of nitrogens with zero attached hydrogens (tertiary/aromatic N) is 1. The largest absolute Gasteiger partial charge is 0.388 e. The number of rotatable bonds is 3. The van der Waals surface area contributed by atoms with Gasteiger partial charge in [-0.05, 0) is 37.0 Å². The average Bonchev–Trinajstić information content (AvgIpc) is 3.01. The first-order valence-electron chi connectivity index (χ1n) is 5.55. The molecule has 2 nitrogen and oxygen atoms in total. The van der Waals surface area contributed by atoms with E-state index in [1.807, 2.05) is 6.92 Å². The Bertz CT molecular complexity index is 298. The van der Waals surface area contributed by atoms with Crippen molar-refractivity contribution in [1.29, 1.82) is 5.26 Å². The fourth-order valence-corrected chi connectivity index (χ4v) is 2.97. The summed E-state index contributed by atoms with van der Waals surface area (Å²) in [6, 6.07) is 2.35. The summed E-state index contributed by atoms with van der Waals surface area (Å²) in [5.41, 5.74) is -0.872. The average molecular weight is 193 g/mol. The third kappa shape index (κ3) is 1.05. The molecule has 2 rings (SSSR count). The summed E-state index contributed by atoms with van der Waals surface area (Å²) in [5, 5.41) is 19.8. The molecule has 1 N–H and O–H groups in total. The fraction of sp³-hybridized carbons (Fsp3) is 0.917. The van der Waals surface area contributed by atoms with Crippen molar-refractivity contribution < 1.29 is 5.11 Å². The normalized spacial score (nSPS) is 35.5. The quantitative estimate of drug-likeness (QED) is 0.748. The van der Waals surface area contributed by atoms with Gasteiger partial charge in [0.1, 0.15) is 0 Å². The highest BCUT2D eigenvalue weighted by Gasteiger charge is 2.69. The lowest BCUT2D eigenvalue weighted by Gasteiger charge is -2.33. The van der Waals surface area contributed by atoms with Crippen LogP contribution in [0.25, 0.3) is 0 Å². The van der Waals surface area contributed by atoms with E-state index in [0.29, 0.717) is 12.3 Å². The van der Waals surface area contributed by atoms with Gasteiger partial charge in [0.2, 0.25) is 0 Å². The van der Waals surface area contributed by atoms with Crippen LogP contribution in [0.15, 0.2) is 0 Å². The van der Waals surface area contributed by atoms with Gasteiger partial charge in [-0.1, -0.05) is 20.8 Å². The maximum absolute atomic E-state index is 10.7. The highest BCUT2D eigenvalue weighted by Crippen LogP contribution is 2.68. The minimum Gasteiger partial charge on any atom is -0.388 e.